The van der Waals surface area contributed by atoms with Crippen molar-refractivity contribution in [3.8, 4) is 6.07 Å². The van der Waals surface area contributed by atoms with Crippen molar-refractivity contribution in [1.29, 1.82) is 5.26 Å². The van der Waals surface area contributed by atoms with Gasteiger partial charge in [-0.15, -0.1) is 0 Å². The predicted octanol–water partition coefficient (Wildman–Crippen LogP) is 6.08. The highest BCUT2D eigenvalue weighted by Gasteiger charge is 2.41. The van der Waals surface area contributed by atoms with E-state index in [4.69, 9.17) is 13.8 Å². The number of halogens is 1. The van der Waals surface area contributed by atoms with Crippen molar-refractivity contribution >= 4 is 19.4 Å². The molecule has 0 N–H and O–H groups in total. The van der Waals surface area contributed by atoms with Gasteiger partial charge in [-0.1, -0.05) is 42.5 Å². The van der Waals surface area contributed by atoms with E-state index in [2.05, 4.69) is 0 Å². The molecule has 0 heterocycles. The number of ether oxygens (including phenoxy) is 1. The van der Waals surface area contributed by atoms with Gasteiger partial charge in [0.1, 0.15) is 11.9 Å². The van der Waals surface area contributed by atoms with E-state index in [1.807, 2.05) is 12.1 Å². The highest BCUT2D eigenvalue weighted by atomic mass is 31.2. The van der Waals surface area contributed by atoms with Gasteiger partial charge in [0.25, 0.3) is 0 Å². The summed E-state index contributed by atoms with van der Waals surface area (Å²) in [5, 5.41) is 9.96. The molecule has 0 aliphatic carbocycles. The number of benzene rings is 2. The van der Waals surface area contributed by atoms with Crippen LogP contribution in [0, 0.1) is 17.1 Å². The van der Waals surface area contributed by atoms with Gasteiger partial charge < -0.3 is 4.74 Å². The molecule has 2 aromatic rings. The highest BCUT2D eigenvalue weighted by Crippen LogP contribution is 2.58. The molecule has 0 radical (unpaired) electrons. The molecule has 2 aromatic carbocycles. The minimum atomic E-state index is -4.22. The summed E-state index contributed by atoms with van der Waals surface area (Å²) in [5.74, 6) is -1.68. The average Bonchev–Trinajstić information content (AvgIpc) is 2.76. The normalized spacial score (nSPS) is 12.3. The van der Waals surface area contributed by atoms with Gasteiger partial charge in [-0.05, 0) is 52.3 Å². The Hall–Kier alpha value is -2.98. The molecule has 2 rings (SSSR count). The van der Waals surface area contributed by atoms with Crippen molar-refractivity contribution in [2.45, 2.75) is 53.4 Å². The average molecular weight is 488 g/mol. The monoisotopic (exact) mass is 488 g/mol. The number of rotatable bonds is 11. The Balaban J connectivity index is 2.92. The van der Waals surface area contributed by atoms with Gasteiger partial charge in [-0.3, -0.25) is 13.7 Å². The number of hydrogen-bond acceptors (Lipinski definition) is 6. The standard InChI is InChI=1S/C25H30FN2O5P/c1-6-31-25(29)22(16-27)24(21-14-10-11-15-23(21)26)28(17-20-12-8-7-9-13-20)34(30,32-18(2)3)33-19(4)5/h7-15,18-19H,6,17H2,1-5H3. The highest BCUT2D eigenvalue weighted by molar-refractivity contribution is 7.51. The minimum Gasteiger partial charge on any atom is -0.462 e. The van der Waals surface area contributed by atoms with E-state index < -0.39 is 37.3 Å². The molecule has 7 nitrogen and oxygen atoms in total. The molecule has 0 fully saturated rings. The van der Waals surface area contributed by atoms with E-state index in [0.717, 1.165) is 0 Å². The lowest BCUT2D eigenvalue weighted by Gasteiger charge is -2.36. The second-order valence-electron chi connectivity index (χ2n) is 7.86. The van der Waals surface area contributed by atoms with Crippen LogP contribution in [-0.2, 0) is 29.7 Å². The molecule has 0 saturated carbocycles. The summed E-state index contributed by atoms with van der Waals surface area (Å²) in [5.41, 5.74) is -0.171. The molecule has 0 amide bonds. The van der Waals surface area contributed by atoms with Gasteiger partial charge in [0.2, 0.25) is 0 Å². The van der Waals surface area contributed by atoms with E-state index in [0.29, 0.717) is 5.56 Å². The van der Waals surface area contributed by atoms with Crippen LogP contribution in [0.2, 0.25) is 0 Å². The van der Waals surface area contributed by atoms with Crippen LogP contribution in [0.4, 0.5) is 4.39 Å². The van der Waals surface area contributed by atoms with Crippen LogP contribution in [0.25, 0.3) is 5.70 Å². The lowest BCUT2D eigenvalue weighted by molar-refractivity contribution is -0.137. The van der Waals surface area contributed by atoms with Crippen LogP contribution in [0.1, 0.15) is 45.7 Å². The zero-order valence-electron chi connectivity index (χ0n) is 20.0. The molecule has 0 atom stereocenters. The van der Waals surface area contributed by atoms with E-state index in [-0.39, 0.29) is 24.4 Å². The Bertz CT molecular complexity index is 1080. The molecule has 182 valence electrons. The van der Waals surface area contributed by atoms with Crippen molar-refractivity contribution in [2.75, 3.05) is 6.61 Å². The van der Waals surface area contributed by atoms with Gasteiger partial charge in [0, 0.05) is 5.56 Å². The minimum absolute atomic E-state index is 0.00407. The molecule has 0 aliphatic heterocycles. The van der Waals surface area contributed by atoms with Crippen molar-refractivity contribution in [2.24, 2.45) is 0 Å². The maximum Gasteiger partial charge on any atom is 0.436 e. The maximum atomic E-state index is 15.1. The summed E-state index contributed by atoms with van der Waals surface area (Å²) < 4.78 is 47.3. The fraction of sp³-hybridized carbons (Fsp3) is 0.360. The molecular formula is C25H30FN2O5P. The Morgan fingerprint density at radius 3 is 2.09 bits per heavy atom. The number of nitrogens with zero attached hydrogens (tertiary/aromatic N) is 2. The van der Waals surface area contributed by atoms with Crippen LogP contribution in [-0.4, -0.2) is 29.5 Å². The third-order valence-electron chi connectivity index (χ3n) is 4.37. The third kappa shape index (κ3) is 7.01. The number of carbonyl (C=O) groups excluding carboxylic acids is 1. The number of hydrogen-bond donors (Lipinski definition) is 0. The van der Waals surface area contributed by atoms with Gasteiger partial charge in [-0.2, -0.15) is 5.26 Å². The Morgan fingerprint density at radius 2 is 1.59 bits per heavy atom. The molecule has 0 unspecified atom stereocenters. The number of nitriles is 1. The summed E-state index contributed by atoms with van der Waals surface area (Å²) in [6.45, 7) is 8.22. The maximum absolute atomic E-state index is 15.1. The van der Waals surface area contributed by atoms with Gasteiger partial charge in [0.05, 0.1) is 31.1 Å². The molecule has 34 heavy (non-hydrogen) atoms. The predicted molar refractivity (Wildman–Crippen MR) is 128 cm³/mol. The first-order valence-corrected chi connectivity index (χ1v) is 12.5. The van der Waals surface area contributed by atoms with E-state index in [1.165, 1.54) is 22.9 Å². The molecular weight excluding hydrogens is 458 g/mol. The molecule has 0 saturated heterocycles. The number of esters is 1. The van der Waals surface area contributed by atoms with Crippen LogP contribution in [0.15, 0.2) is 60.2 Å². The molecule has 0 aliphatic rings. The summed E-state index contributed by atoms with van der Waals surface area (Å²) in [6.07, 6.45) is -1.09. The fourth-order valence-corrected chi connectivity index (χ4v) is 5.30. The topological polar surface area (TPSA) is 88.9 Å². The molecule has 0 bridgehead atoms. The summed E-state index contributed by atoms with van der Waals surface area (Å²) >= 11 is 0. The second kappa shape index (κ2) is 12.5. The molecule has 9 heteroatoms. The first-order chi connectivity index (χ1) is 16.1. The van der Waals surface area contributed by atoms with E-state index >= 15 is 4.39 Å². The van der Waals surface area contributed by atoms with Gasteiger partial charge >= 0.3 is 13.7 Å². The summed E-state index contributed by atoms with van der Waals surface area (Å²) in [4.78, 5) is 12.8. The van der Waals surface area contributed by atoms with Crippen LogP contribution >= 0.6 is 7.75 Å². The Labute approximate surface area is 200 Å². The molecule has 0 aromatic heterocycles. The van der Waals surface area contributed by atoms with Crippen LogP contribution < -0.4 is 0 Å². The second-order valence-corrected chi connectivity index (χ2v) is 9.70. The third-order valence-corrected chi connectivity index (χ3v) is 6.68. The largest absolute Gasteiger partial charge is 0.462 e. The van der Waals surface area contributed by atoms with E-state index in [9.17, 15) is 14.6 Å². The summed E-state index contributed by atoms with van der Waals surface area (Å²) in [6, 6.07) is 16.4. The SMILES string of the molecule is CCOC(=O)C(C#N)=C(c1ccccc1F)N(Cc1ccccc1)P(=O)(OC(C)C)OC(C)C. The van der Waals surface area contributed by atoms with Crippen molar-refractivity contribution in [3.05, 3.63) is 77.1 Å². The van der Waals surface area contributed by atoms with Crippen LogP contribution in [0.5, 0.6) is 0 Å². The summed E-state index contributed by atoms with van der Waals surface area (Å²) in [7, 11) is -4.22. The lowest BCUT2D eigenvalue weighted by atomic mass is 10.1. The van der Waals surface area contributed by atoms with Crippen molar-refractivity contribution < 1.29 is 27.5 Å². The van der Waals surface area contributed by atoms with E-state index in [1.54, 1.807) is 65.0 Å². The first kappa shape index (κ1) is 27.3. The van der Waals surface area contributed by atoms with Gasteiger partial charge in [-0.25, -0.2) is 13.8 Å². The smallest absolute Gasteiger partial charge is 0.436 e. The Morgan fingerprint density at radius 1 is 1.03 bits per heavy atom. The molecule has 0 spiro atoms. The van der Waals surface area contributed by atoms with Crippen molar-refractivity contribution in [3.63, 3.8) is 0 Å². The first-order valence-electron chi connectivity index (χ1n) is 11.0. The number of carbonyl (C=O) groups is 1. The zero-order valence-corrected chi connectivity index (χ0v) is 20.9. The van der Waals surface area contributed by atoms with Crippen LogP contribution in [0.3, 0.4) is 0 Å². The lowest BCUT2D eigenvalue weighted by Crippen LogP contribution is -2.27. The zero-order chi connectivity index (χ0) is 25.3. The van der Waals surface area contributed by atoms with Gasteiger partial charge in [0.15, 0.2) is 5.57 Å². The Kier molecular flexibility index (Phi) is 10.0. The fourth-order valence-electron chi connectivity index (χ4n) is 3.17. The quantitative estimate of drug-likeness (QED) is 0.164. The van der Waals surface area contributed by atoms with Crippen molar-refractivity contribution in [1.82, 2.24) is 4.67 Å².